The zero-order valence-corrected chi connectivity index (χ0v) is 16.3. The highest BCUT2D eigenvalue weighted by molar-refractivity contribution is 5.89. The summed E-state index contributed by atoms with van der Waals surface area (Å²) in [4.78, 5) is 15.3. The van der Waals surface area contributed by atoms with Crippen LogP contribution in [0, 0.1) is 0 Å². The summed E-state index contributed by atoms with van der Waals surface area (Å²) in [5, 5.41) is 8.31. The highest BCUT2D eigenvalue weighted by atomic mass is 16.2. The van der Waals surface area contributed by atoms with Crippen molar-refractivity contribution in [3.05, 3.63) is 78.6 Å². The van der Waals surface area contributed by atoms with E-state index in [0.29, 0.717) is 12.5 Å². The number of carbonyl (C=O) groups excluding carboxylic acids is 1. The molecule has 2 aromatic heterocycles. The van der Waals surface area contributed by atoms with Crippen molar-refractivity contribution in [3.8, 4) is 11.3 Å². The maximum atomic E-state index is 13.3. The van der Waals surface area contributed by atoms with Crippen LogP contribution in [0.15, 0.2) is 72.9 Å². The van der Waals surface area contributed by atoms with Crippen LogP contribution < -0.4 is 0 Å². The quantitative estimate of drug-likeness (QED) is 0.566. The van der Waals surface area contributed by atoms with Crippen molar-refractivity contribution in [1.29, 1.82) is 0 Å². The minimum atomic E-state index is 0.174. The van der Waals surface area contributed by atoms with Crippen molar-refractivity contribution < 1.29 is 4.79 Å². The van der Waals surface area contributed by atoms with Gasteiger partial charge in [-0.05, 0) is 36.6 Å². The molecule has 1 amide bonds. The molecule has 29 heavy (non-hydrogen) atoms. The highest BCUT2D eigenvalue weighted by Crippen LogP contribution is 2.29. The van der Waals surface area contributed by atoms with Crippen LogP contribution in [-0.2, 0) is 11.3 Å². The first kappa shape index (κ1) is 17.7. The summed E-state index contributed by atoms with van der Waals surface area (Å²) in [5.41, 5.74) is 4.44. The van der Waals surface area contributed by atoms with Gasteiger partial charge in [0, 0.05) is 47.5 Å². The molecule has 0 spiro atoms. The number of carbonyl (C=O) groups is 1. The Morgan fingerprint density at radius 1 is 1.07 bits per heavy atom. The molecule has 0 bridgehead atoms. The molecule has 0 aliphatic carbocycles. The van der Waals surface area contributed by atoms with E-state index in [2.05, 4.69) is 45.1 Å². The lowest BCUT2D eigenvalue weighted by molar-refractivity contribution is -0.133. The van der Waals surface area contributed by atoms with Crippen LogP contribution in [0.3, 0.4) is 0 Å². The van der Waals surface area contributed by atoms with Gasteiger partial charge >= 0.3 is 0 Å². The van der Waals surface area contributed by atoms with Crippen LogP contribution in [0.4, 0.5) is 0 Å². The first-order valence-electron chi connectivity index (χ1n) is 10.2. The number of para-hydroxylation sites is 1. The number of benzene rings is 2. The second kappa shape index (κ2) is 7.59. The average Bonchev–Trinajstić information content (AvgIpc) is 3.43. The lowest BCUT2D eigenvalue weighted by Crippen LogP contribution is -2.41. The lowest BCUT2D eigenvalue weighted by atomic mass is 9.95. The number of likely N-dealkylation sites (tertiary alicyclic amines) is 1. The average molecular weight is 384 g/mol. The van der Waals surface area contributed by atoms with Crippen LogP contribution in [0.1, 0.15) is 24.5 Å². The van der Waals surface area contributed by atoms with E-state index in [0.717, 1.165) is 53.8 Å². The van der Waals surface area contributed by atoms with Crippen LogP contribution in [0.5, 0.6) is 0 Å². The van der Waals surface area contributed by atoms with Gasteiger partial charge in [-0.15, -0.1) is 0 Å². The molecule has 0 saturated carbocycles. The molecular formula is C24H24N4O. The van der Waals surface area contributed by atoms with E-state index in [1.165, 1.54) is 0 Å². The Morgan fingerprint density at radius 2 is 1.90 bits per heavy atom. The van der Waals surface area contributed by atoms with Crippen molar-refractivity contribution in [2.24, 2.45) is 0 Å². The van der Waals surface area contributed by atoms with Crippen molar-refractivity contribution in [3.63, 3.8) is 0 Å². The van der Waals surface area contributed by atoms with E-state index < -0.39 is 0 Å². The summed E-state index contributed by atoms with van der Waals surface area (Å²) in [6.45, 7) is 1.93. The standard InChI is InChI=1S/C24H24N4O/c29-24(27-14-6-10-20(16-27)21-12-13-25-26-21)17-28-22-11-5-4-9-19(22)15-23(28)18-7-2-1-3-8-18/h1-5,7-9,11-13,15,20H,6,10,14,16-17H2,(H,25,26). The van der Waals surface area contributed by atoms with Gasteiger partial charge in [-0.3, -0.25) is 9.89 Å². The number of amides is 1. The molecule has 1 saturated heterocycles. The van der Waals surface area contributed by atoms with E-state index >= 15 is 0 Å². The molecule has 5 rings (SSSR count). The normalized spacial score (nSPS) is 17.0. The minimum Gasteiger partial charge on any atom is -0.340 e. The number of aromatic nitrogens is 3. The smallest absolute Gasteiger partial charge is 0.242 e. The van der Waals surface area contributed by atoms with Crippen LogP contribution in [-0.4, -0.2) is 38.7 Å². The van der Waals surface area contributed by atoms with Gasteiger partial charge in [-0.1, -0.05) is 48.5 Å². The van der Waals surface area contributed by atoms with Gasteiger partial charge in [0.25, 0.3) is 0 Å². The Balaban J connectivity index is 1.44. The number of nitrogens with one attached hydrogen (secondary N) is 1. The molecule has 1 N–H and O–H groups in total. The zero-order chi connectivity index (χ0) is 19.6. The summed E-state index contributed by atoms with van der Waals surface area (Å²) in [5.74, 6) is 0.512. The second-order valence-electron chi connectivity index (χ2n) is 7.73. The van der Waals surface area contributed by atoms with Gasteiger partial charge in [-0.2, -0.15) is 5.10 Å². The number of fused-ring (bicyclic) bond motifs is 1. The van der Waals surface area contributed by atoms with Gasteiger partial charge in [0.05, 0.1) is 0 Å². The maximum Gasteiger partial charge on any atom is 0.242 e. The van der Waals surface area contributed by atoms with Crippen LogP contribution >= 0.6 is 0 Å². The first-order chi connectivity index (χ1) is 14.3. The van der Waals surface area contributed by atoms with Gasteiger partial charge in [-0.25, -0.2) is 0 Å². The topological polar surface area (TPSA) is 53.9 Å². The Morgan fingerprint density at radius 3 is 2.72 bits per heavy atom. The highest BCUT2D eigenvalue weighted by Gasteiger charge is 2.26. The molecule has 1 unspecified atom stereocenters. The van der Waals surface area contributed by atoms with Crippen LogP contribution in [0.25, 0.3) is 22.2 Å². The molecule has 0 radical (unpaired) electrons. The number of H-pyrrole nitrogens is 1. The van der Waals surface area contributed by atoms with E-state index in [1.54, 1.807) is 6.20 Å². The fourth-order valence-electron chi connectivity index (χ4n) is 4.42. The van der Waals surface area contributed by atoms with E-state index in [-0.39, 0.29) is 5.91 Å². The van der Waals surface area contributed by atoms with Gasteiger partial charge in [0.15, 0.2) is 0 Å². The first-order valence-corrected chi connectivity index (χ1v) is 10.2. The zero-order valence-electron chi connectivity index (χ0n) is 16.3. The third kappa shape index (κ3) is 3.44. The number of nitrogens with zero attached hydrogens (tertiary/aromatic N) is 3. The van der Waals surface area contributed by atoms with Gasteiger partial charge in [0.2, 0.25) is 5.91 Å². The number of rotatable bonds is 4. The summed E-state index contributed by atoms with van der Waals surface area (Å²) in [7, 11) is 0. The predicted molar refractivity (Wildman–Crippen MR) is 115 cm³/mol. The predicted octanol–water partition coefficient (Wildman–Crippen LogP) is 4.44. The largest absolute Gasteiger partial charge is 0.340 e. The van der Waals surface area contributed by atoms with Crippen molar-refractivity contribution in [2.45, 2.75) is 25.3 Å². The molecule has 4 aromatic rings. The molecule has 1 atom stereocenters. The third-order valence-corrected chi connectivity index (χ3v) is 5.91. The molecule has 146 valence electrons. The number of hydrogen-bond donors (Lipinski definition) is 1. The Bertz CT molecular complexity index is 1110. The Hall–Kier alpha value is -3.34. The third-order valence-electron chi connectivity index (χ3n) is 5.91. The second-order valence-corrected chi connectivity index (χ2v) is 7.73. The fourth-order valence-corrected chi connectivity index (χ4v) is 4.42. The molecule has 5 nitrogen and oxygen atoms in total. The van der Waals surface area contributed by atoms with Crippen molar-refractivity contribution in [1.82, 2.24) is 19.7 Å². The number of aromatic amines is 1. The Labute approximate surface area is 170 Å². The van der Waals surface area contributed by atoms with Gasteiger partial charge < -0.3 is 9.47 Å². The molecule has 1 aliphatic heterocycles. The number of piperidine rings is 1. The number of hydrogen-bond acceptors (Lipinski definition) is 2. The van der Waals surface area contributed by atoms with E-state index in [4.69, 9.17) is 0 Å². The monoisotopic (exact) mass is 384 g/mol. The van der Waals surface area contributed by atoms with Gasteiger partial charge in [0.1, 0.15) is 6.54 Å². The summed E-state index contributed by atoms with van der Waals surface area (Å²) >= 11 is 0. The molecule has 1 fully saturated rings. The Kier molecular flexibility index (Phi) is 4.64. The summed E-state index contributed by atoms with van der Waals surface area (Å²) in [6.07, 6.45) is 3.90. The minimum absolute atomic E-state index is 0.174. The van der Waals surface area contributed by atoms with Crippen LogP contribution in [0.2, 0.25) is 0 Å². The lowest BCUT2D eigenvalue weighted by Gasteiger charge is -2.32. The van der Waals surface area contributed by atoms with E-state index in [9.17, 15) is 4.79 Å². The fraction of sp³-hybridized carbons (Fsp3) is 0.250. The summed E-state index contributed by atoms with van der Waals surface area (Å²) < 4.78 is 2.16. The molecular weight excluding hydrogens is 360 g/mol. The maximum absolute atomic E-state index is 13.3. The molecule has 5 heteroatoms. The van der Waals surface area contributed by atoms with Crippen molar-refractivity contribution >= 4 is 16.8 Å². The van der Waals surface area contributed by atoms with E-state index in [1.807, 2.05) is 41.3 Å². The molecule has 2 aromatic carbocycles. The summed E-state index contributed by atoms with van der Waals surface area (Å²) in [6, 6.07) is 22.8. The molecule has 3 heterocycles. The van der Waals surface area contributed by atoms with Crippen molar-refractivity contribution in [2.75, 3.05) is 13.1 Å². The molecule has 1 aliphatic rings. The SMILES string of the molecule is O=C(Cn1c(-c2ccccc2)cc2ccccc21)N1CCCC(c2ccn[nH]2)C1.